The van der Waals surface area contributed by atoms with E-state index in [2.05, 4.69) is 37.9 Å². The van der Waals surface area contributed by atoms with Crippen molar-refractivity contribution in [2.45, 2.75) is 46.2 Å². The highest BCUT2D eigenvalue weighted by Crippen LogP contribution is 2.08. The topological polar surface area (TPSA) is 41.6 Å². The van der Waals surface area contributed by atoms with Crippen molar-refractivity contribution < 1.29 is 9.53 Å². The Kier molecular flexibility index (Phi) is 8.17. The van der Waals surface area contributed by atoms with Gasteiger partial charge in [-0.1, -0.05) is 20.8 Å². The number of methoxy groups -OCH3 is 1. The maximum absolute atomic E-state index is 11.6. The van der Waals surface area contributed by atoms with Gasteiger partial charge in [0, 0.05) is 12.6 Å². The van der Waals surface area contributed by atoms with Crippen molar-refractivity contribution >= 4 is 5.97 Å². The van der Waals surface area contributed by atoms with E-state index in [1.54, 1.807) is 0 Å². The molecule has 17 heavy (non-hydrogen) atoms. The summed E-state index contributed by atoms with van der Waals surface area (Å²) in [5.74, 6) is 0.394. The maximum Gasteiger partial charge on any atom is 0.324 e. The first kappa shape index (κ1) is 16.4. The van der Waals surface area contributed by atoms with E-state index in [1.807, 2.05) is 7.05 Å². The third kappa shape index (κ3) is 6.03. The number of hydrogen-bond donors (Lipinski definition) is 1. The van der Waals surface area contributed by atoms with Crippen molar-refractivity contribution in [2.24, 2.45) is 5.92 Å². The largest absolute Gasteiger partial charge is 0.468 e. The van der Waals surface area contributed by atoms with Crippen molar-refractivity contribution in [3.8, 4) is 0 Å². The summed E-state index contributed by atoms with van der Waals surface area (Å²) >= 11 is 0. The summed E-state index contributed by atoms with van der Waals surface area (Å²) in [6, 6.07) is 0.219. The van der Waals surface area contributed by atoms with Gasteiger partial charge in [0.1, 0.15) is 6.04 Å². The molecule has 0 aliphatic carbocycles. The third-order valence-electron chi connectivity index (χ3n) is 3.26. The van der Waals surface area contributed by atoms with Crippen LogP contribution in [0, 0.1) is 5.92 Å². The van der Waals surface area contributed by atoms with E-state index in [1.165, 1.54) is 7.11 Å². The number of nitrogens with one attached hydrogen (secondary N) is 1. The molecule has 0 saturated heterocycles. The van der Waals surface area contributed by atoms with Gasteiger partial charge in [-0.15, -0.1) is 0 Å². The number of carbonyl (C=O) groups excluding carboxylic acids is 1. The predicted octanol–water partition coefficient (Wildman–Crippen LogP) is 1.50. The van der Waals surface area contributed by atoms with E-state index in [-0.39, 0.29) is 12.0 Å². The van der Waals surface area contributed by atoms with E-state index in [4.69, 9.17) is 4.74 Å². The van der Waals surface area contributed by atoms with E-state index < -0.39 is 0 Å². The SMILES string of the molecule is CCCNC(CN(C)C(C)C(C)C)C(=O)OC. The second kappa shape index (κ2) is 8.48. The van der Waals surface area contributed by atoms with Gasteiger partial charge in [0.05, 0.1) is 7.11 Å². The summed E-state index contributed by atoms with van der Waals surface area (Å²) in [7, 11) is 3.49. The van der Waals surface area contributed by atoms with Gasteiger partial charge in [0.25, 0.3) is 0 Å². The molecule has 0 radical (unpaired) electrons. The van der Waals surface area contributed by atoms with Gasteiger partial charge < -0.3 is 15.0 Å². The van der Waals surface area contributed by atoms with Gasteiger partial charge in [-0.05, 0) is 32.9 Å². The molecule has 0 fully saturated rings. The first-order valence-corrected chi connectivity index (χ1v) is 6.45. The van der Waals surface area contributed by atoms with Crippen LogP contribution in [0.25, 0.3) is 0 Å². The average molecular weight is 244 g/mol. The Morgan fingerprint density at radius 1 is 1.35 bits per heavy atom. The highest BCUT2D eigenvalue weighted by Gasteiger charge is 2.23. The molecule has 0 saturated carbocycles. The Morgan fingerprint density at radius 2 is 1.94 bits per heavy atom. The smallest absolute Gasteiger partial charge is 0.324 e. The van der Waals surface area contributed by atoms with E-state index in [0.717, 1.165) is 13.0 Å². The summed E-state index contributed by atoms with van der Waals surface area (Å²) in [5, 5.41) is 3.23. The Balaban J connectivity index is 4.36. The molecule has 4 nitrogen and oxygen atoms in total. The lowest BCUT2D eigenvalue weighted by Crippen LogP contribution is -2.48. The fraction of sp³-hybridized carbons (Fsp3) is 0.923. The van der Waals surface area contributed by atoms with Crippen LogP contribution in [0.4, 0.5) is 0 Å². The van der Waals surface area contributed by atoms with Crippen molar-refractivity contribution in [3.05, 3.63) is 0 Å². The number of ether oxygens (including phenoxy) is 1. The molecule has 0 aliphatic rings. The quantitative estimate of drug-likeness (QED) is 0.657. The molecule has 0 aliphatic heterocycles. The average Bonchev–Trinajstić information content (AvgIpc) is 2.31. The van der Waals surface area contributed by atoms with Crippen molar-refractivity contribution in [2.75, 3.05) is 27.2 Å². The second-order valence-corrected chi connectivity index (χ2v) is 4.95. The summed E-state index contributed by atoms with van der Waals surface area (Å²) in [4.78, 5) is 13.8. The van der Waals surface area contributed by atoms with E-state index >= 15 is 0 Å². The van der Waals surface area contributed by atoms with Gasteiger partial charge in [0.2, 0.25) is 0 Å². The Morgan fingerprint density at radius 3 is 2.35 bits per heavy atom. The summed E-state index contributed by atoms with van der Waals surface area (Å²) < 4.78 is 4.82. The molecule has 0 spiro atoms. The molecule has 0 aromatic carbocycles. The van der Waals surface area contributed by atoms with Crippen molar-refractivity contribution in [3.63, 3.8) is 0 Å². The van der Waals surface area contributed by atoms with Crippen LogP contribution in [0.2, 0.25) is 0 Å². The third-order valence-corrected chi connectivity index (χ3v) is 3.26. The first-order chi connectivity index (χ1) is 7.93. The second-order valence-electron chi connectivity index (χ2n) is 4.95. The summed E-state index contributed by atoms with van der Waals surface area (Å²) in [5.41, 5.74) is 0. The highest BCUT2D eigenvalue weighted by atomic mass is 16.5. The van der Waals surface area contributed by atoms with Gasteiger partial charge in [0.15, 0.2) is 0 Å². The van der Waals surface area contributed by atoms with Crippen LogP contribution in [0.5, 0.6) is 0 Å². The number of carbonyl (C=O) groups is 1. The minimum Gasteiger partial charge on any atom is -0.468 e. The molecule has 4 heteroatoms. The maximum atomic E-state index is 11.6. The first-order valence-electron chi connectivity index (χ1n) is 6.45. The Labute approximate surface area is 106 Å². The number of hydrogen-bond acceptors (Lipinski definition) is 4. The lowest BCUT2D eigenvalue weighted by Gasteiger charge is -2.30. The van der Waals surface area contributed by atoms with Crippen LogP contribution in [0.1, 0.15) is 34.1 Å². The van der Waals surface area contributed by atoms with Crippen LogP contribution in [-0.4, -0.2) is 50.2 Å². The van der Waals surface area contributed by atoms with Crippen LogP contribution in [0.3, 0.4) is 0 Å². The van der Waals surface area contributed by atoms with Gasteiger partial charge in [-0.25, -0.2) is 0 Å². The molecule has 0 rings (SSSR count). The van der Waals surface area contributed by atoms with E-state index in [0.29, 0.717) is 18.5 Å². The minimum atomic E-state index is -0.230. The monoisotopic (exact) mass is 244 g/mol. The molecule has 0 aromatic rings. The number of esters is 1. The fourth-order valence-electron chi connectivity index (χ4n) is 1.65. The number of nitrogens with zero attached hydrogens (tertiary/aromatic N) is 1. The number of rotatable bonds is 8. The molecule has 2 unspecified atom stereocenters. The van der Waals surface area contributed by atoms with Crippen LogP contribution >= 0.6 is 0 Å². The molecule has 0 amide bonds. The van der Waals surface area contributed by atoms with Gasteiger partial charge in [-0.2, -0.15) is 0 Å². The molecule has 102 valence electrons. The Hall–Kier alpha value is -0.610. The van der Waals surface area contributed by atoms with Crippen LogP contribution in [0.15, 0.2) is 0 Å². The van der Waals surface area contributed by atoms with Crippen LogP contribution in [-0.2, 0) is 9.53 Å². The Bertz CT molecular complexity index is 219. The molecule has 1 N–H and O–H groups in total. The number of likely N-dealkylation sites (N-methyl/N-ethyl adjacent to an activating group) is 1. The molecule has 0 aromatic heterocycles. The summed E-state index contributed by atoms with van der Waals surface area (Å²) in [6.45, 7) is 10.2. The van der Waals surface area contributed by atoms with Crippen molar-refractivity contribution in [1.29, 1.82) is 0 Å². The zero-order valence-electron chi connectivity index (χ0n) is 12.1. The predicted molar refractivity (Wildman–Crippen MR) is 71.0 cm³/mol. The standard InChI is InChI=1S/C13H28N2O2/c1-7-8-14-12(13(16)17-6)9-15(5)11(4)10(2)3/h10-12,14H,7-9H2,1-6H3. The lowest BCUT2D eigenvalue weighted by molar-refractivity contribution is -0.143. The van der Waals surface area contributed by atoms with Crippen LogP contribution < -0.4 is 5.32 Å². The van der Waals surface area contributed by atoms with Gasteiger partial charge >= 0.3 is 5.97 Å². The highest BCUT2D eigenvalue weighted by molar-refractivity contribution is 5.75. The molecular weight excluding hydrogens is 216 g/mol. The molecular formula is C13H28N2O2. The van der Waals surface area contributed by atoms with Crippen molar-refractivity contribution in [1.82, 2.24) is 10.2 Å². The zero-order chi connectivity index (χ0) is 13.4. The molecule has 0 heterocycles. The normalized spacial score (nSPS) is 15.1. The fourth-order valence-corrected chi connectivity index (χ4v) is 1.65. The van der Waals surface area contributed by atoms with E-state index in [9.17, 15) is 4.79 Å². The molecule has 2 atom stereocenters. The minimum absolute atomic E-state index is 0.179. The summed E-state index contributed by atoms with van der Waals surface area (Å²) in [6.07, 6.45) is 1.01. The zero-order valence-corrected chi connectivity index (χ0v) is 12.1. The van der Waals surface area contributed by atoms with Gasteiger partial charge in [-0.3, -0.25) is 4.79 Å². The lowest BCUT2D eigenvalue weighted by atomic mass is 10.0. The molecule has 0 bridgehead atoms.